The molecule has 0 aliphatic rings. The maximum Gasteiger partial charge on any atom is 0.147 e. The summed E-state index contributed by atoms with van der Waals surface area (Å²) in [6.45, 7) is 10.6. The molecule has 0 saturated heterocycles. The Morgan fingerprint density at radius 3 is 2.44 bits per heavy atom. The van der Waals surface area contributed by atoms with E-state index in [0.29, 0.717) is 12.0 Å². The molecule has 0 bridgehead atoms. The van der Waals surface area contributed by atoms with Crippen LogP contribution in [-0.2, 0) is 6.54 Å². The first kappa shape index (κ1) is 14.9. The average Bonchev–Trinajstić information content (AvgIpc) is 2.37. The number of nitrogens with zero attached hydrogens (tertiary/aromatic N) is 3. The molecule has 102 valence electrons. The molecule has 1 atom stereocenters. The summed E-state index contributed by atoms with van der Waals surface area (Å²) in [5, 5.41) is 3.37. The van der Waals surface area contributed by atoms with Crippen molar-refractivity contribution in [2.24, 2.45) is 5.92 Å². The topological polar surface area (TPSA) is 41.1 Å². The molecule has 4 heteroatoms. The van der Waals surface area contributed by atoms with E-state index < -0.39 is 0 Å². The number of hydrogen-bond acceptors (Lipinski definition) is 4. The van der Waals surface area contributed by atoms with E-state index in [0.717, 1.165) is 31.0 Å². The fourth-order valence-corrected chi connectivity index (χ4v) is 1.61. The Kier molecular flexibility index (Phi) is 6.05. The molecule has 18 heavy (non-hydrogen) atoms. The second kappa shape index (κ2) is 7.31. The fourth-order valence-electron chi connectivity index (χ4n) is 1.61. The second-order valence-corrected chi connectivity index (χ2v) is 5.26. The maximum absolute atomic E-state index is 4.47. The van der Waals surface area contributed by atoms with E-state index in [1.165, 1.54) is 0 Å². The maximum atomic E-state index is 4.47. The highest BCUT2D eigenvalue weighted by atomic mass is 15.2. The van der Waals surface area contributed by atoms with E-state index in [9.17, 15) is 0 Å². The van der Waals surface area contributed by atoms with Crippen molar-refractivity contribution in [3.05, 3.63) is 18.1 Å². The number of aromatic nitrogens is 2. The molecule has 0 aliphatic heterocycles. The van der Waals surface area contributed by atoms with Crippen molar-refractivity contribution in [2.45, 2.75) is 46.7 Å². The molecule has 1 aromatic heterocycles. The number of nitrogens with one attached hydrogen (secondary N) is 1. The van der Waals surface area contributed by atoms with Crippen LogP contribution < -0.4 is 10.2 Å². The van der Waals surface area contributed by atoms with Crippen molar-refractivity contribution in [3.8, 4) is 0 Å². The van der Waals surface area contributed by atoms with Crippen molar-refractivity contribution in [1.29, 1.82) is 0 Å². The van der Waals surface area contributed by atoms with E-state index in [1.807, 2.05) is 12.4 Å². The largest absolute Gasteiger partial charge is 0.356 e. The van der Waals surface area contributed by atoms with Gasteiger partial charge in [-0.25, -0.2) is 4.98 Å². The van der Waals surface area contributed by atoms with Crippen molar-refractivity contribution < 1.29 is 0 Å². The molecule has 0 aliphatic carbocycles. The number of hydrogen-bond donors (Lipinski definition) is 1. The van der Waals surface area contributed by atoms with Crippen molar-refractivity contribution >= 4 is 5.82 Å². The van der Waals surface area contributed by atoms with Crippen molar-refractivity contribution in [3.63, 3.8) is 0 Å². The molecule has 1 aromatic rings. The first-order valence-electron chi connectivity index (χ1n) is 6.79. The van der Waals surface area contributed by atoms with E-state index in [1.54, 1.807) is 0 Å². The Labute approximate surface area is 111 Å². The van der Waals surface area contributed by atoms with Crippen molar-refractivity contribution in [1.82, 2.24) is 15.3 Å². The highest BCUT2D eigenvalue weighted by Gasteiger charge is 2.09. The lowest BCUT2D eigenvalue weighted by Gasteiger charge is -2.24. The zero-order valence-corrected chi connectivity index (χ0v) is 12.3. The zero-order valence-electron chi connectivity index (χ0n) is 12.3. The number of rotatable bonds is 7. The molecule has 4 nitrogen and oxygen atoms in total. The average molecular weight is 250 g/mol. The molecule has 1 rings (SSSR count). The van der Waals surface area contributed by atoms with Crippen LogP contribution in [-0.4, -0.2) is 29.6 Å². The summed E-state index contributed by atoms with van der Waals surface area (Å²) in [6, 6.07) is 0.490. The van der Waals surface area contributed by atoms with Crippen LogP contribution in [0.5, 0.6) is 0 Å². The Balaban J connectivity index is 2.52. The fraction of sp³-hybridized carbons (Fsp3) is 0.714. The van der Waals surface area contributed by atoms with Gasteiger partial charge in [-0.1, -0.05) is 20.8 Å². The van der Waals surface area contributed by atoms with Gasteiger partial charge in [0.15, 0.2) is 0 Å². The standard InChI is InChI=1S/C14H26N4/c1-6-12(4)18(5)14-10-16-13(9-17-14)8-15-7-11(2)3/h9-12,15H,6-8H2,1-5H3. The highest BCUT2D eigenvalue weighted by Crippen LogP contribution is 2.12. The summed E-state index contributed by atoms with van der Waals surface area (Å²) in [7, 11) is 2.06. The van der Waals surface area contributed by atoms with E-state index >= 15 is 0 Å². The van der Waals surface area contributed by atoms with Crippen LogP contribution in [0.15, 0.2) is 12.4 Å². The predicted molar refractivity (Wildman–Crippen MR) is 76.7 cm³/mol. The van der Waals surface area contributed by atoms with Crippen LogP contribution >= 0.6 is 0 Å². The lowest BCUT2D eigenvalue weighted by atomic mass is 10.2. The van der Waals surface area contributed by atoms with Crippen LogP contribution in [0.25, 0.3) is 0 Å². The Hall–Kier alpha value is -1.16. The highest BCUT2D eigenvalue weighted by molar-refractivity contribution is 5.35. The monoisotopic (exact) mass is 250 g/mol. The summed E-state index contributed by atoms with van der Waals surface area (Å²) in [4.78, 5) is 11.1. The summed E-state index contributed by atoms with van der Waals surface area (Å²) < 4.78 is 0. The third-order valence-corrected chi connectivity index (χ3v) is 3.16. The van der Waals surface area contributed by atoms with Gasteiger partial charge in [0.05, 0.1) is 18.1 Å². The summed E-state index contributed by atoms with van der Waals surface area (Å²) >= 11 is 0. The lowest BCUT2D eigenvalue weighted by Crippen LogP contribution is -2.29. The van der Waals surface area contributed by atoms with Gasteiger partial charge in [0.25, 0.3) is 0 Å². The van der Waals surface area contributed by atoms with E-state index in [4.69, 9.17) is 0 Å². The molecule has 0 amide bonds. The molecular weight excluding hydrogens is 224 g/mol. The minimum Gasteiger partial charge on any atom is -0.356 e. The van der Waals surface area contributed by atoms with Gasteiger partial charge in [-0.15, -0.1) is 0 Å². The molecule has 0 spiro atoms. The van der Waals surface area contributed by atoms with Crippen LogP contribution in [0, 0.1) is 5.92 Å². The first-order chi connectivity index (χ1) is 8.54. The van der Waals surface area contributed by atoms with Gasteiger partial charge < -0.3 is 10.2 Å². The van der Waals surface area contributed by atoms with E-state index in [2.05, 4.69) is 54.9 Å². The summed E-state index contributed by atoms with van der Waals surface area (Å²) in [5.41, 5.74) is 0.997. The minimum atomic E-state index is 0.490. The Morgan fingerprint density at radius 2 is 1.94 bits per heavy atom. The Morgan fingerprint density at radius 1 is 1.22 bits per heavy atom. The van der Waals surface area contributed by atoms with Gasteiger partial charge in [-0.05, 0) is 25.8 Å². The van der Waals surface area contributed by atoms with Gasteiger partial charge >= 0.3 is 0 Å². The molecule has 1 N–H and O–H groups in total. The minimum absolute atomic E-state index is 0.490. The molecule has 0 radical (unpaired) electrons. The van der Waals surface area contributed by atoms with Gasteiger partial charge in [0, 0.05) is 19.6 Å². The van der Waals surface area contributed by atoms with Crippen molar-refractivity contribution in [2.75, 3.05) is 18.5 Å². The summed E-state index contributed by atoms with van der Waals surface area (Å²) in [5.74, 6) is 1.60. The third kappa shape index (κ3) is 4.61. The molecule has 1 unspecified atom stereocenters. The van der Waals surface area contributed by atoms with Crippen LogP contribution in [0.4, 0.5) is 5.82 Å². The smallest absolute Gasteiger partial charge is 0.147 e. The van der Waals surface area contributed by atoms with Crippen LogP contribution in [0.1, 0.15) is 39.8 Å². The molecule has 0 saturated carbocycles. The van der Waals surface area contributed by atoms with E-state index in [-0.39, 0.29) is 0 Å². The third-order valence-electron chi connectivity index (χ3n) is 3.16. The van der Waals surface area contributed by atoms with Crippen LogP contribution in [0.2, 0.25) is 0 Å². The first-order valence-corrected chi connectivity index (χ1v) is 6.79. The molecule has 1 heterocycles. The predicted octanol–water partition coefficient (Wildman–Crippen LogP) is 2.46. The summed E-state index contributed by atoms with van der Waals surface area (Å²) in [6.07, 6.45) is 4.83. The van der Waals surface area contributed by atoms with Crippen LogP contribution in [0.3, 0.4) is 0 Å². The molecule has 0 fully saturated rings. The van der Waals surface area contributed by atoms with Gasteiger partial charge in [-0.2, -0.15) is 0 Å². The SMILES string of the molecule is CCC(C)N(C)c1cnc(CNCC(C)C)cn1. The Bertz CT molecular complexity index is 334. The molecule has 0 aromatic carbocycles. The van der Waals surface area contributed by atoms with Gasteiger partial charge in [0.1, 0.15) is 5.82 Å². The normalized spacial score (nSPS) is 12.8. The molecular formula is C14H26N4. The second-order valence-electron chi connectivity index (χ2n) is 5.26. The quantitative estimate of drug-likeness (QED) is 0.807. The zero-order chi connectivity index (χ0) is 13.5. The van der Waals surface area contributed by atoms with Gasteiger partial charge in [-0.3, -0.25) is 4.98 Å². The lowest BCUT2D eigenvalue weighted by molar-refractivity contribution is 0.547. The number of anilines is 1. The van der Waals surface area contributed by atoms with Gasteiger partial charge in [0.2, 0.25) is 0 Å².